The van der Waals surface area contributed by atoms with E-state index in [9.17, 15) is 13.6 Å². The van der Waals surface area contributed by atoms with Gasteiger partial charge in [-0.1, -0.05) is 6.07 Å². The van der Waals surface area contributed by atoms with Crippen LogP contribution in [0.3, 0.4) is 0 Å². The molecule has 0 aliphatic carbocycles. The van der Waals surface area contributed by atoms with Crippen LogP contribution >= 0.6 is 11.3 Å². The number of thiophene rings is 1. The quantitative estimate of drug-likeness (QED) is 0.567. The highest BCUT2D eigenvalue weighted by Crippen LogP contribution is 2.36. The van der Waals surface area contributed by atoms with E-state index in [0.717, 1.165) is 54.1 Å². The third kappa shape index (κ3) is 4.01. The first kappa shape index (κ1) is 21.6. The number of aryl methyl sites for hydroxylation is 2. The molecule has 1 unspecified atom stereocenters. The van der Waals surface area contributed by atoms with Crippen LogP contribution in [0.4, 0.5) is 14.6 Å². The maximum atomic E-state index is 13.6. The van der Waals surface area contributed by atoms with E-state index in [1.54, 1.807) is 29.6 Å². The number of carbonyl (C=O) groups excluding carboxylic acids is 1. The fourth-order valence-corrected chi connectivity index (χ4v) is 5.21. The number of rotatable bonds is 4. The normalized spacial score (nSPS) is 16.0. The Labute approximate surface area is 184 Å². The highest BCUT2D eigenvalue weighted by molar-refractivity contribution is 7.18. The molecule has 8 heteroatoms. The van der Waals surface area contributed by atoms with E-state index in [4.69, 9.17) is 0 Å². The lowest BCUT2D eigenvalue weighted by atomic mass is 9.94. The van der Waals surface area contributed by atoms with Crippen LogP contribution in [0.25, 0.3) is 10.2 Å². The van der Waals surface area contributed by atoms with Gasteiger partial charge in [-0.05, 0) is 56.9 Å². The Bertz CT molecular complexity index is 1120. The van der Waals surface area contributed by atoms with Crippen molar-refractivity contribution in [2.45, 2.75) is 39.7 Å². The predicted molar refractivity (Wildman–Crippen MR) is 119 cm³/mol. The maximum absolute atomic E-state index is 13.6. The van der Waals surface area contributed by atoms with Crippen LogP contribution in [-0.4, -0.2) is 40.9 Å². The first-order valence-electron chi connectivity index (χ1n) is 10.4. The van der Waals surface area contributed by atoms with Crippen molar-refractivity contribution >= 4 is 33.3 Å². The Morgan fingerprint density at radius 3 is 2.58 bits per heavy atom. The maximum Gasteiger partial charge on any atom is 0.226 e. The van der Waals surface area contributed by atoms with Gasteiger partial charge in [0, 0.05) is 30.9 Å². The van der Waals surface area contributed by atoms with Crippen molar-refractivity contribution < 1.29 is 13.6 Å². The molecule has 1 fully saturated rings. The third-order valence-corrected chi connectivity index (χ3v) is 7.56. The Morgan fingerprint density at radius 1 is 1.19 bits per heavy atom. The average Bonchev–Trinajstić information content (AvgIpc) is 3.08. The van der Waals surface area contributed by atoms with E-state index >= 15 is 0 Å². The van der Waals surface area contributed by atoms with Crippen molar-refractivity contribution in [3.05, 3.63) is 52.2 Å². The molecule has 4 rings (SSSR count). The van der Waals surface area contributed by atoms with E-state index in [1.807, 2.05) is 6.92 Å². The van der Waals surface area contributed by atoms with E-state index in [-0.39, 0.29) is 17.9 Å². The van der Waals surface area contributed by atoms with Gasteiger partial charge in [-0.25, -0.2) is 18.7 Å². The number of anilines is 1. The van der Waals surface area contributed by atoms with Gasteiger partial charge in [0.1, 0.15) is 17.0 Å². The summed E-state index contributed by atoms with van der Waals surface area (Å²) in [5.74, 6) is -0.897. The second-order valence-corrected chi connectivity index (χ2v) is 9.42. The number of piperidine rings is 1. The van der Waals surface area contributed by atoms with Crippen molar-refractivity contribution in [2.24, 2.45) is 5.92 Å². The number of nitrogens with zero attached hydrogens (tertiary/aromatic N) is 4. The molecule has 31 heavy (non-hydrogen) atoms. The lowest BCUT2D eigenvalue weighted by Crippen LogP contribution is -2.42. The fraction of sp³-hybridized carbons (Fsp3) is 0.435. The van der Waals surface area contributed by atoms with Crippen LogP contribution in [0, 0.1) is 31.4 Å². The minimum atomic E-state index is -0.895. The molecule has 0 radical (unpaired) electrons. The molecule has 1 aromatic carbocycles. The van der Waals surface area contributed by atoms with Gasteiger partial charge in [0.05, 0.1) is 11.4 Å². The number of benzene rings is 1. The van der Waals surface area contributed by atoms with E-state index < -0.39 is 11.6 Å². The van der Waals surface area contributed by atoms with Crippen LogP contribution in [-0.2, 0) is 4.79 Å². The van der Waals surface area contributed by atoms with Gasteiger partial charge < -0.3 is 9.80 Å². The van der Waals surface area contributed by atoms with Crippen LogP contribution in [0.2, 0.25) is 0 Å². The predicted octanol–water partition coefficient (Wildman–Crippen LogP) is 5.02. The van der Waals surface area contributed by atoms with Gasteiger partial charge in [-0.15, -0.1) is 11.3 Å². The van der Waals surface area contributed by atoms with Gasteiger partial charge in [-0.2, -0.15) is 0 Å². The Kier molecular flexibility index (Phi) is 5.92. The molecular formula is C23H26F2N4OS. The zero-order valence-corrected chi connectivity index (χ0v) is 19.0. The van der Waals surface area contributed by atoms with E-state index in [1.165, 1.54) is 16.5 Å². The molecule has 2 aromatic heterocycles. The number of aromatic nitrogens is 2. The fourth-order valence-electron chi connectivity index (χ4n) is 4.22. The van der Waals surface area contributed by atoms with Gasteiger partial charge in [0.25, 0.3) is 0 Å². The molecule has 1 aliphatic heterocycles. The van der Waals surface area contributed by atoms with E-state index in [2.05, 4.69) is 28.7 Å². The summed E-state index contributed by atoms with van der Waals surface area (Å²) in [7, 11) is 1.73. The molecule has 1 atom stereocenters. The van der Waals surface area contributed by atoms with E-state index in [0.29, 0.717) is 5.56 Å². The van der Waals surface area contributed by atoms with Crippen LogP contribution < -0.4 is 4.90 Å². The topological polar surface area (TPSA) is 49.3 Å². The van der Waals surface area contributed by atoms with Crippen LogP contribution in [0.15, 0.2) is 24.5 Å². The second-order valence-electron chi connectivity index (χ2n) is 8.22. The molecule has 5 nitrogen and oxygen atoms in total. The van der Waals surface area contributed by atoms with Crippen molar-refractivity contribution in [3.8, 4) is 0 Å². The standard InChI is InChI=1S/C23H26F2N4OS/c1-13-15(3)31-22-20(13)21(26-12-27-22)29-9-7-16(8-10-29)23(30)28(4)14(2)17-5-6-18(24)19(25)11-17/h5-6,11-12,14,16H,7-10H2,1-4H3. The van der Waals surface area contributed by atoms with Gasteiger partial charge in [-0.3, -0.25) is 4.79 Å². The van der Waals surface area contributed by atoms with Crippen LogP contribution in [0.1, 0.15) is 41.8 Å². The van der Waals surface area contributed by atoms with Gasteiger partial charge in [0.15, 0.2) is 11.6 Å². The molecule has 0 saturated carbocycles. The summed E-state index contributed by atoms with van der Waals surface area (Å²) in [5.41, 5.74) is 1.80. The monoisotopic (exact) mass is 444 g/mol. The largest absolute Gasteiger partial charge is 0.356 e. The first-order chi connectivity index (χ1) is 14.8. The SMILES string of the molecule is Cc1sc2ncnc(N3CCC(C(=O)N(C)C(C)c4ccc(F)c(F)c4)CC3)c2c1C. The lowest BCUT2D eigenvalue weighted by molar-refractivity contribution is -0.136. The molecule has 164 valence electrons. The number of fused-ring (bicyclic) bond motifs is 1. The smallest absolute Gasteiger partial charge is 0.226 e. The van der Waals surface area contributed by atoms with Crippen molar-refractivity contribution in [1.82, 2.24) is 14.9 Å². The lowest BCUT2D eigenvalue weighted by Gasteiger charge is -2.35. The molecule has 0 bridgehead atoms. The molecule has 1 aliphatic rings. The Balaban J connectivity index is 1.45. The summed E-state index contributed by atoms with van der Waals surface area (Å²) < 4.78 is 26.9. The second kappa shape index (κ2) is 8.49. The molecule has 0 spiro atoms. The summed E-state index contributed by atoms with van der Waals surface area (Å²) in [4.78, 5) is 28.2. The first-order valence-corrected chi connectivity index (χ1v) is 11.3. The third-order valence-electron chi connectivity index (χ3n) is 6.44. The number of halogens is 2. The zero-order chi connectivity index (χ0) is 22.3. The molecule has 0 N–H and O–H groups in total. The number of hydrogen-bond acceptors (Lipinski definition) is 5. The minimum absolute atomic E-state index is 0.0345. The van der Waals surface area contributed by atoms with Crippen molar-refractivity contribution in [2.75, 3.05) is 25.0 Å². The minimum Gasteiger partial charge on any atom is -0.356 e. The Morgan fingerprint density at radius 2 is 1.90 bits per heavy atom. The van der Waals surface area contributed by atoms with Crippen molar-refractivity contribution in [3.63, 3.8) is 0 Å². The summed E-state index contributed by atoms with van der Waals surface area (Å²) in [6.45, 7) is 7.51. The zero-order valence-electron chi connectivity index (χ0n) is 18.2. The van der Waals surface area contributed by atoms with Crippen LogP contribution in [0.5, 0.6) is 0 Å². The highest BCUT2D eigenvalue weighted by atomic mass is 32.1. The molecule has 3 heterocycles. The summed E-state index contributed by atoms with van der Waals surface area (Å²) in [6, 6.07) is 3.46. The average molecular weight is 445 g/mol. The molecular weight excluding hydrogens is 418 g/mol. The highest BCUT2D eigenvalue weighted by Gasteiger charge is 2.31. The summed E-state index contributed by atoms with van der Waals surface area (Å²) >= 11 is 1.68. The number of hydrogen-bond donors (Lipinski definition) is 0. The summed E-state index contributed by atoms with van der Waals surface area (Å²) in [5, 5.41) is 1.11. The Hall–Kier alpha value is -2.61. The number of amides is 1. The van der Waals surface area contributed by atoms with Gasteiger partial charge in [0.2, 0.25) is 5.91 Å². The van der Waals surface area contributed by atoms with Crippen molar-refractivity contribution in [1.29, 1.82) is 0 Å². The molecule has 3 aromatic rings. The van der Waals surface area contributed by atoms with Gasteiger partial charge >= 0.3 is 0 Å². The molecule has 1 amide bonds. The number of carbonyl (C=O) groups is 1. The summed E-state index contributed by atoms with van der Waals surface area (Å²) in [6.07, 6.45) is 3.06. The molecule has 1 saturated heterocycles.